The molecular weight excluding hydrogens is 901 g/mol. The van der Waals surface area contributed by atoms with Crippen molar-refractivity contribution >= 4 is 80.4 Å². The molecule has 0 unspecified atom stereocenters. The van der Waals surface area contributed by atoms with Gasteiger partial charge in [0.1, 0.15) is 0 Å². The van der Waals surface area contributed by atoms with Crippen LogP contribution in [-0.4, -0.2) is 122 Å². The van der Waals surface area contributed by atoms with E-state index >= 15 is 0 Å². The van der Waals surface area contributed by atoms with Crippen LogP contribution >= 0.6 is 31.6 Å². The maximum absolute atomic E-state index is 6.89. The second-order valence-corrected chi connectivity index (χ2v) is 47.7. The van der Waals surface area contributed by atoms with Crippen LogP contribution in [0.5, 0.6) is 0 Å². The molecule has 51 heavy (non-hydrogen) atoms. The Morgan fingerprint density at radius 1 is 0.569 bits per heavy atom. The molecule has 0 aliphatic carbocycles. The van der Waals surface area contributed by atoms with Crippen molar-refractivity contribution in [3.63, 3.8) is 0 Å². The molecule has 4 heterocycles. The van der Waals surface area contributed by atoms with Gasteiger partial charge in [0.15, 0.2) is 5.13 Å². The summed E-state index contributed by atoms with van der Waals surface area (Å²) in [4.78, 5) is 18.9. The number of hydrogen-bond acceptors (Lipinski definition) is 8. The summed E-state index contributed by atoms with van der Waals surface area (Å²) < 4.78 is 10.7. The van der Waals surface area contributed by atoms with Crippen LogP contribution in [0.3, 0.4) is 0 Å². The summed E-state index contributed by atoms with van der Waals surface area (Å²) in [5.41, 5.74) is 0. The molecule has 296 valence electrons. The zero-order chi connectivity index (χ0) is 37.4. The Morgan fingerprint density at radius 2 is 0.961 bits per heavy atom. The number of halogens is 1. The van der Waals surface area contributed by atoms with Crippen molar-refractivity contribution in [2.45, 2.75) is 145 Å². The number of piperazine rings is 2. The van der Waals surface area contributed by atoms with Crippen LogP contribution in [0, 0.1) is 0 Å². The Hall–Kier alpha value is 0.667. The second kappa shape index (κ2) is 28.1. The minimum atomic E-state index is -2.27. The van der Waals surface area contributed by atoms with E-state index in [2.05, 4.69) is 97.8 Å². The summed E-state index contributed by atoms with van der Waals surface area (Å²) in [6.45, 7) is 23.1. The molecule has 2 aromatic heterocycles. The van der Waals surface area contributed by atoms with Gasteiger partial charge in [-0.25, -0.2) is 4.98 Å². The molecule has 6 nitrogen and oxygen atoms in total. The van der Waals surface area contributed by atoms with E-state index in [-0.39, 0.29) is 0 Å². The summed E-state index contributed by atoms with van der Waals surface area (Å²) in [7, 11) is 11.3. The van der Waals surface area contributed by atoms with Gasteiger partial charge in [0.05, 0.1) is 0 Å². The van der Waals surface area contributed by atoms with Crippen LogP contribution < -0.4 is 12.7 Å². The second-order valence-electron chi connectivity index (χ2n) is 15.5. The minimum absolute atomic E-state index is 1.12. The van der Waals surface area contributed by atoms with Crippen molar-refractivity contribution in [1.82, 2.24) is 19.8 Å². The third-order valence-corrected chi connectivity index (χ3v) is 45.5. The first-order valence-electron chi connectivity index (χ1n) is 21.1. The normalized spacial score (nSPS) is 16.1. The van der Waals surface area contributed by atoms with E-state index in [1.54, 1.807) is 27.5 Å². The first kappa shape index (κ1) is 47.8. The SMILES string of the molecule is CCC[CH2][Sn]([CH2]CCC)([CH2]CCC)[c]1cnc(N2CCN(C)CC2)s1.CCC[CH2][Sn]([Cl])([CH2]CCC)[CH2]CCC.CN1CCN(c2nccs2)CC1. The van der Waals surface area contributed by atoms with E-state index in [9.17, 15) is 0 Å². The monoisotopic (exact) mass is 982 g/mol. The standard InChI is InChI=1S/C8H13N3S.C8H12N3S.6C4H9.ClH.2Sn/c2*1-10-3-5-11(6-4-10)8-9-2-7-12-8;6*1-3-4-2;;;/h2,7H,3-6H2,1H3;2H,3-6H2,1H3;6*1,3-4H2,2H3;1H;;/q;;;;;;;;;;+1/p-1. The van der Waals surface area contributed by atoms with Crippen LogP contribution in [0.4, 0.5) is 10.3 Å². The molecule has 0 amide bonds. The Kier molecular flexibility index (Phi) is 26.4. The van der Waals surface area contributed by atoms with E-state index in [0.29, 0.717) is 0 Å². The van der Waals surface area contributed by atoms with Crippen molar-refractivity contribution in [3.05, 3.63) is 17.8 Å². The molecule has 2 fully saturated rings. The van der Waals surface area contributed by atoms with E-state index in [1.165, 1.54) is 114 Å². The number of anilines is 2. The molecule has 0 aromatic carbocycles. The summed E-state index contributed by atoms with van der Waals surface area (Å²) in [5, 5.41) is 4.52. The van der Waals surface area contributed by atoms with Gasteiger partial charge in [-0.05, 0) is 7.05 Å². The fraction of sp³-hybridized carbons (Fsp3) is 0.850. The molecule has 2 aliphatic rings. The molecule has 0 spiro atoms. The first-order chi connectivity index (χ1) is 24.7. The van der Waals surface area contributed by atoms with E-state index < -0.39 is 35.6 Å². The number of rotatable bonds is 21. The Labute approximate surface area is 336 Å². The van der Waals surface area contributed by atoms with Crippen molar-refractivity contribution in [3.8, 4) is 0 Å². The predicted molar refractivity (Wildman–Crippen MR) is 239 cm³/mol. The zero-order valence-corrected chi connectivity index (χ0v) is 42.6. The van der Waals surface area contributed by atoms with Crippen LogP contribution in [0.15, 0.2) is 17.8 Å². The molecule has 2 aliphatic heterocycles. The summed E-state index contributed by atoms with van der Waals surface area (Å²) in [6.07, 6.45) is 20.7. The molecule has 2 saturated heterocycles. The molecule has 4 rings (SSSR count). The van der Waals surface area contributed by atoms with Crippen LogP contribution in [0.1, 0.15) is 119 Å². The number of likely N-dealkylation sites (N-methyl/N-ethyl adjacent to an activating group) is 2. The fourth-order valence-corrected chi connectivity index (χ4v) is 40.8. The summed E-state index contributed by atoms with van der Waals surface area (Å²) in [5.74, 6) is 0. The van der Waals surface area contributed by atoms with Gasteiger partial charge in [-0.1, -0.05) is 0 Å². The topological polar surface area (TPSA) is 38.7 Å². The van der Waals surface area contributed by atoms with Gasteiger partial charge < -0.3 is 9.80 Å². The maximum Gasteiger partial charge on any atom is 0.185 e. The third kappa shape index (κ3) is 18.4. The van der Waals surface area contributed by atoms with E-state index in [1.807, 2.05) is 11.6 Å². The predicted octanol–water partition coefficient (Wildman–Crippen LogP) is 11.4. The molecule has 2 aromatic rings. The van der Waals surface area contributed by atoms with Crippen LogP contribution in [0.25, 0.3) is 0 Å². The van der Waals surface area contributed by atoms with Gasteiger partial charge in [-0.2, -0.15) is 0 Å². The molecule has 11 heteroatoms. The van der Waals surface area contributed by atoms with Crippen LogP contribution in [0.2, 0.25) is 26.6 Å². The fourth-order valence-electron chi connectivity index (χ4n) is 7.17. The van der Waals surface area contributed by atoms with Crippen molar-refractivity contribution < 1.29 is 0 Å². The average molecular weight is 981 g/mol. The van der Waals surface area contributed by atoms with Gasteiger partial charge in [0.25, 0.3) is 0 Å². The van der Waals surface area contributed by atoms with E-state index in [4.69, 9.17) is 13.9 Å². The quantitative estimate of drug-likeness (QED) is 0.116. The average Bonchev–Trinajstić information content (AvgIpc) is 3.88. The Balaban J connectivity index is 0.000000292. The van der Waals surface area contributed by atoms with Crippen molar-refractivity contribution in [2.75, 3.05) is 76.3 Å². The maximum atomic E-state index is 6.89. The zero-order valence-electron chi connectivity index (χ0n) is 34.5. The van der Waals surface area contributed by atoms with Gasteiger partial charge in [-0.15, -0.1) is 11.3 Å². The number of unbranched alkanes of at least 4 members (excludes halogenated alkanes) is 6. The molecule has 0 atom stereocenters. The number of hydrogen-bond donors (Lipinski definition) is 0. The first-order valence-corrected chi connectivity index (χ1v) is 40.0. The van der Waals surface area contributed by atoms with Gasteiger partial charge in [0.2, 0.25) is 0 Å². The Bertz CT molecular complexity index is 1050. The number of thiazole rings is 2. The minimum Gasteiger partial charge on any atom is -0.346 e. The Morgan fingerprint density at radius 3 is 1.33 bits per heavy atom. The molecule has 0 radical (unpaired) electrons. The summed E-state index contributed by atoms with van der Waals surface area (Å²) >= 11 is -0.544. The molecule has 0 bridgehead atoms. The molecule has 0 N–H and O–H groups in total. The van der Waals surface area contributed by atoms with Crippen molar-refractivity contribution in [2.24, 2.45) is 0 Å². The molecular formula is C40H79ClN6S2Sn2. The van der Waals surface area contributed by atoms with Gasteiger partial charge in [0, 0.05) is 37.8 Å². The van der Waals surface area contributed by atoms with E-state index in [0.717, 1.165) is 39.3 Å². The third-order valence-electron chi connectivity index (χ3n) is 10.9. The largest absolute Gasteiger partial charge is 0.346 e. The van der Waals surface area contributed by atoms with Gasteiger partial charge in [-0.3, -0.25) is 0 Å². The number of aromatic nitrogens is 2. The summed E-state index contributed by atoms with van der Waals surface area (Å²) in [6, 6.07) is 0. The van der Waals surface area contributed by atoms with Crippen molar-refractivity contribution in [1.29, 1.82) is 0 Å². The molecule has 0 saturated carbocycles. The van der Waals surface area contributed by atoms with Crippen LogP contribution in [-0.2, 0) is 0 Å². The smallest absolute Gasteiger partial charge is 0.185 e. The number of nitrogens with zero attached hydrogens (tertiary/aromatic N) is 6. The van der Waals surface area contributed by atoms with Gasteiger partial charge >= 0.3 is 263 Å².